The second-order valence-corrected chi connectivity index (χ2v) is 10.2. The fourth-order valence-corrected chi connectivity index (χ4v) is 5.67. The van der Waals surface area contributed by atoms with Crippen molar-refractivity contribution in [2.24, 2.45) is 5.92 Å². The maximum absolute atomic E-state index is 13.1. The van der Waals surface area contributed by atoms with Crippen molar-refractivity contribution in [3.63, 3.8) is 0 Å². The number of nitrogens with one attached hydrogen (secondary N) is 1. The summed E-state index contributed by atoms with van der Waals surface area (Å²) in [5.74, 6) is 1.78. The van der Waals surface area contributed by atoms with Gasteiger partial charge in [-0.15, -0.1) is 0 Å². The molecular formula is C25H34N2O6S. The van der Waals surface area contributed by atoms with E-state index >= 15 is 0 Å². The van der Waals surface area contributed by atoms with Gasteiger partial charge < -0.3 is 19.5 Å². The van der Waals surface area contributed by atoms with E-state index in [1.165, 1.54) is 4.31 Å². The molecule has 1 aliphatic heterocycles. The molecular weight excluding hydrogens is 456 g/mol. The highest BCUT2D eigenvalue weighted by Gasteiger charge is 2.32. The SMILES string of the molecule is CCOc1ccc(S(=O)(=O)N2CCC(C(=O)NCCc3ccc(OC)c(OC)c3)CC2)cc1C. The Hall–Kier alpha value is -2.78. The summed E-state index contributed by atoms with van der Waals surface area (Å²) in [5, 5.41) is 2.98. The molecule has 0 atom stereocenters. The monoisotopic (exact) mass is 490 g/mol. The number of hydrogen-bond acceptors (Lipinski definition) is 6. The zero-order valence-corrected chi connectivity index (χ0v) is 21.1. The highest BCUT2D eigenvalue weighted by Crippen LogP contribution is 2.29. The molecule has 1 amide bonds. The number of carbonyl (C=O) groups is 1. The first kappa shape index (κ1) is 25.8. The number of carbonyl (C=O) groups excluding carboxylic acids is 1. The number of hydrogen-bond donors (Lipinski definition) is 1. The Morgan fingerprint density at radius 2 is 1.71 bits per heavy atom. The van der Waals surface area contributed by atoms with E-state index < -0.39 is 10.0 Å². The molecule has 0 spiro atoms. The van der Waals surface area contributed by atoms with Crippen molar-refractivity contribution in [3.05, 3.63) is 47.5 Å². The molecule has 0 saturated carbocycles. The number of amides is 1. The van der Waals surface area contributed by atoms with E-state index in [2.05, 4.69) is 5.32 Å². The summed E-state index contributed by atoms with van der Waals surface area (Å²) < 4.78 is 43.7. The lowest BCUT2D eigenvalue weighted by atomic mass is 9.97. The lowest BCUT2D eigenvalue weighted by Gasteiger charge is -2.30. The fourth-order valence-electron chi connectivity index (χ4n) is 4.12. The van der Waals surface area contributed by atoms with Crippen molar-refractivity contribution in [3.8, 4) is 17.2 Å². The van der Waals surface area contributed by atoms with Gasteiger partial charge in [-0.05, 0) is 74.6 Å². The van der Waals surface area contributed by atoms with Crippen molar-refractivity contribution in [2.45, 2.75) is 38.0 Å². The standard InChI is InChI=1S/C25H34N2O6S/c1-5-33-22-9-7-21(16-18(22)2)34(29,30)27-14-11-20(12-15-27)25(28)26-13-10-19-6-8-23(31-3)24(17-19)32-4/h6-9,16-17,20H,5,10-15H2,1-4H3,(H,26,28). The highest BCUT2D eigenvalue weighted by atomic mass is 32.2. The number of ether oxygens (including phenoxy) is 3. The largest absolute Gasteiger partial charge is 0.494 e. The zero-order valence-electron chi connectivity index (χ0n) is 20.3. The van der Waals surface area contributed by atoms with Crippen LogP contribution in [0.4, 0.5) is 0 Å². The number of sulfonamides is 1. The van der Waals surface area contributed by atoms with Crippen LogP contribution in [0.3, 0.4) is 0 Å². The Bertz CT molecular complexity index is 1090. The van der Waals surface area contributed by atoms with Crippen molar-refractivity contribution in [1.82, 2.24) is 9.62 Å². The summed E-state index contributed by atoms with van der Waals surface area (Å²) in [6.07, 6.45) is 1.66. The predicted molar refractivity (Wildman–Crippen MR) is 130 cm³/mol. The molecule has 1 fully saturated rings. The summed E-state index contributed by atoms with van der Waals surface area (Å²) in [5.41, 5.74) is 1.82. The van der Waals surface area contributed by atoms with Gasteiger partial charge in [-0.2, -0.15) is 4.31 Å². The number of methoxy groups -OCH3 is 2. The molecule has 1 heterocycles. The molecule has 2 aromatic carbocycles. The molecule has 0 aromatic heterocycles. The number of aryl methyl sites for hydroxylation is 1. The number of nitrogens with zero attached hydrogens (tertiary/aromatic N) is 1. The van der Waals surface area contributed by atoms with E-state index in [9.17, 15) is 13.2 Å². The van der Waals surface area contributed by atoms with Gasteiger partial charge in [0.25, 0.3) is 0 Å². The number of rotatable bonds is 10. The fraction of sp³-hybridized carbons (Fsp3) is 0.480. The van der Waals surface area contributed by atoms with Crippen molar-refractivity contribution in [1.29, 1.82) is 0 Å². The second-order valence-electron chi connectivity index (χ2n) is 8.27. The topological polar surface area (TPSA) is 94.2 Å². The van der Waals surface area contributed by atoms with Gasteiger partial charge in [0.1, 0.15) is 5.75 Å². The van der Waals surface area contributed by atoms with Crippen LogP contribution in [0.25, 0.3) is 0 Å². The van der Waals surface area contributed by atoms with Gasteiger partial charge >= 0.3 is 0 Å². The van der Waals surface area contributed by atoms with Crippen LogP contribution in [0.2, 0.25) is 0 Å². The minimum Gasteiger partial charge on any atom is -0.494 e. The molecule has 3 rings (SSSR count). The van der Waals surface area contributed by atoms with E-state index in [0.717, 1.165) is 11.1 Å². The van der Waals surface area contributed by atoms with Gasteiger partial charge in [-0.1, -0.05) is 6.07 Å². The first-order valence-electron chi connectivity index (χ1n) is 11.5. The summed E-state index contributed by atoms with van der Waals surface area (Å²) in [7, 11) is -0.426. The molecule has 9 heteroatoms. The van der Waals surface area contributed by atoms with E-state index in [-0.39, 0.29) is 16.7 Å². The third-order valence-electron chi connectivity index (χ3n) is 6.07. The molecule has 1 aliphatic rings. The van der Waals surface area contributed by atoms with Gasteiger partial charge in [-0.3, -0.25) is 4.79 Å². The van der Waals surface area contributed by atoms with Crippen LogP contribution in [0.15, 0.2) is 41.3 Å². The van der Waals surface area contributed by atoms with E-state index in [1.54, 1.807) is 32.4 Å². The minimum atomic E-state index is -3.61. The van der Waals surface area contributed by atoms with Crippen LogP contribution in [0.1, 0.15) is 30.9 Å². The van der Waals surface area contributed by atoms with Gasteiger partial charge in [0.05, 0.1) is 25.7 Å². The maximum Gasteiger partial charge on any atom is 0.243 e. The average molecular weight is 491 g/mol. The van der Waals surface area contributed by atoms with E-state index in [0.29, 0.717) is 62.8 Å². The molecule has 0 bridgehead atoms. The molecule has 34 heavy (non-hydrogen) atoms. The number of piperidine rings is 1. The molecule has 8 nitrogen and oxygen atoms in total. The molecule has 0 radical (unpaired) electrons. The van der Waals surface area contributed by atoms with Gasteiger partial charge in [0, 0.05) is 25.6 Å². The summed E-state index contributed by atoms with van der Waals surface area (Å²) >= 11 is 0. The Kier molecular flexibility index (Phi) is 8.79. The number of benzene rings is 2. The molecule has 1 saturated heterocycles. The summed E-state index contributed by atoms with van der Waals surface area (Å²) in [6.45, 7) is 5.39. The maximum atomic E-state index is 13.1. The van der Waals surface area contributed by atoms with E-state index in [1.807, 2.05) is 32.0 Å². The van der Waals surface area contributed by atoms with E-state index in [4.69, 9.17) is 14.2 Å². The van der Waals surface area contributed by atoms with Gasteiger partial charge in [0.2, 0.25) is 15.9 Å². The summed E-state index contributed by atoms with van der Waals surface area (Å²) in [6, 6.07) is 10.6. The van der Waals surface area contributed by atoms with Crippen LogP contribution in [0, 0.1) is 12.8 Å². The van der Waals surface area contributed by atoms with Gasteiger partial charge in [-0.25, -0.2) is 8.42 Å². The Morgan fingerprint density at radius 1 is 1.03 bits per heavy atom. The van der Waals surface area contributed by atoms with Crippen LogP contribution in [0.5, 0.6) is 17.2 Å². The average Bonchev–Trinajstić information content (AvgIpc) is 2.85. The van der Waals surface area contributed by atoms with Crippen LogP contribution < -0.4 is 19.5 Å². The Balaban J connectivity index is 1.51. The Morgan fingerprint density at radius 3 is 2.32 bits per heavy atom. The highest BCUT2D eigenvalue weighted by molar-refractivity contribution is 7.89. The smallest absolute Gasteiger partial charge is 0.243 e. The first-order valence-corrected chi connectivity index (χ1v) is 13.0. The van der Waals surface area contributed by atoms with Crippen LogP contribution in [-0.2, 0) is 21.2 Å². The third kappa shape index (κ3) is 6.01. The summed E-state index contributed by atoms with van der Waals surface area (Å²) in [4.78, 5) is 12.9. The van der Waals surface area contributed by atoms with Gasteiger partial charge in [0.15, 0.2) is 11.5 Å². The molecule has 0 aliphatic carbocycles. The third-order valence-corrected chi connectivity index (χ3v) is 7.96. The lowest BCUT2D eigenvalue weighted by Crippen LogP contribution is -2.43. The molecule has 1 N–H and O–H groups in total. The predicted octanol–water partition coefficient (Wildman–Crippen LogP) is 3.17. The molecule has 186 valence electrons. The molecule has 0 unspecified atom stereocenters. The quantitative estimate of drug-likeness (QED) is 0.550. The zero-order chi connectivity index (χ0) is 24.7. The van der Waals surface area contributed by atoms with Crippen molar-refractivity contribution in [2.75, 3.05) is 40.5 Å². The van der Waals surface area contributed by atoms with Crippen LogP contribution in [-0.4, -0.2) is 59.1 Å². The Labute approximate surface area is 202 Å². The first-order chi connectivity index (χ1) is 16.3. The second kappa shape index (κ2) is 11.6. The molecule has 2 aromatic rings. The minimum absolute atomic E-state index is 0.0329. The lowest BCUT2D eigenvalue weighted by molar-refractivity contribution is -0.126. The van der Waals surface area contributed by atoms with Crippen molar-refractivity contribution >= 4 is 15.9 Å². The van der Waals surface area contributed by atoms with Crippen LogP contribution >= 0.6 is 0 Å². The van der Waals surface area contributed by atoms with Crippen molar-refractivity contribution < 1.29 is 27.4 Å². The normalized spacial score (nSPS) is 15.1.